The van der Waals surface area contributed by atoms with Crippen LogP contribution in [0.25, 0.3) is 0 Å². The molecule has 0 amide bonds. The predicted molar refractivity (Wildman–Crippen MR) is 57.2 cm³/mol. The summed E-state index contributed by atoms with van der Waals surface area (Å²) in [6.45, 7) is 5.48. The van der Waals surface area contributed by atoms with Crippen molar-refractivity contribution in [3.05, 3.63) is 34.9 Å². The maximum atomic E-state index is 9.13. The molecule has 0 aromatic heterocycles. The summed E-state index contributed by atoms with van der Waals surface area (Å²) in [6, 6.07) is 6.71. The number of benzene rings is 1. The van der Waals surface area contributed by atoms with Gasteiger partial charge in [0.2, 0.25) is 0 Å². The van der Waals surface area contributed by atoms with Gasteiger partial charge in [-0.2, -0.15) is 0 Å². The van der Waals surface area contributed by atoms with Gasteiger partial charge in [0, 0.05) is 6.54 Å². The van der Waals surface area contributed by atoms with Crippen molar-refractivity contribution in [2.75, 3.05) is 6.61 Å². The fourth-order valence-corrected chi connectivity index (χ4v) is 1.98. The number of hydrogen-bond donors (Lipinski definition) is 2. The van der Waals surface area contributed by atoms with Gasteiger partial charge in [-0.1, -0.05) is 32.0 Å². The molecule has 0 aliphatic carbocycles. The second-order valence-electron chi connectivity index (χ2n) is 4.23. The second kappa shape index (κ2) is 3.71. The van der Waals surface area contributed by atoms with E-state index in [9.17, 15) is 0 Å². The van der Waals surface area contributed by atoms with E-state index in [2.05, 4.69) is 37.4 Å². The Morgan fingerprint density at radius 3 is 2.93 bits per heavy atom. The van der Waals surface area contributed by atoms with Gasteiger partial charge < -0.3 is 10.4 Å². The molecule has 1 unspecified atom stereocenters. The zero-order valence-electron chi connectivity index (χ0n) is 8.75. The van der Waals surface area contributed by atoms with Crippen molar-refractivity contribution in [3.8, 4) is 0 Å². The quantitative estimate of drug-likeness (QED) is 0.749. The minimum Gasteiger partial charge on any atom is -0.394 e. The first-order valence-corrected chi connectivity index (χ1v) is 5.19. The van der Waals surface area contributed by atoms with Crippen molar-refractivity contribution < 1.29 is 5.11 Å². The van der Waals surface area contributed by atoms with Gasteiger partial charge >= 0.3 is 0 Å². The standard InChI is InChI=1S/C12H17NO/c1-8(2)9-3-4-11-10(5-9)6-13-12(11)7-14/h3-5,8,12-14H,6-7H2,1-2H3. The molecule has 2 rings (SSSR count). The summed E-state index contributed by atoms with van der Waals surface area (Å²) in [5.41, 5.74) is 3.98. The monoisotopic (exact) mass is 191 g/mol. The van der Waals surface area contributed by atoms with Crippen LogP contribution in [0.2, 0.25) is 0 Å². The Hall–Kier alpha value is -0.860. The maximum Gasteiger partial charge on any atom is 0.0626 e. The number of aliphatic hydroxyl groups is 1. The molecule has 1 aromatic carbocycles. The van der Waals surface area contributed by atoms with E-state index in [0.29, 0.717) is 5.92 Å². The number of fused-ring (bicyclic) bond motifs is 1. The van der Waals surface area contributed by atoms with E-state index in [1.54, 1.807) is 0 Å². The Kier molecular flexibility index (Phi) is 2.57. The molecule has 0 spiro atoms. The van der Waals surface area contributed by atoms with Crippen molar-refractivity contribution >= 4 is 0 Å². The van der Waals surface area contributed by atoms with Crippen molar-refractivity contribution in [1.82, 2.24) is 5.32 Å². The fourth-order valence-electron chi connectivity index (χ4n) is 1.98. The number of hydrogen-bond acceptors (Lipinski definition) is 2. The van der Waals surface area contributed by atoms with Crippen LogP contribution in [0.1, 0.15) is 42.5 Å². The van der Waals surface area contributed by atoms with E-state index >= 15 is 0 Å². The molecule has 14 heavy (non-hydrogen) atoms. The van der Waals surface area contributed by atoms with Crippen molar-refractivity contribution in [3.63, 3.8) is 0 Å². The Bertz CT molecular complexity index is 333. The van der Waals surface area contributed by atoms with E-state index in [4.69, 9.17) is 5.11 Å². The molecule has 0 saturated heterocycles. The number of rotatable bonds is 2. The van der Waals surface area contributed by atoms with Crippen molar-refractivity contribution in [2.24, 2.45) is 0 Å². The van der Waals surface area contributed by atoms with E-state index in [-0.39, 0.29) is 12.6 Å². The van der Waals surface area contributed by atoms with Crippen LogP contribution in [0, 0.1) is 0 Å². The molecule has 76 valence electrons. The van der Waals surface area contributed by atoms with Crippen LogP contribution in [0.5, 0.6) is 0 Å². The number of nitrogens with one attached hydrogen (secondary N) is 1. The van der Waals surface area contributed by atoms with Gasteiger partial charge in [-0.05, 0) is 22.6 Å². The van der Waals surface area contributed by atoms with Crippen LogP contribution in [0.3, 0.4) is 0 Å². The zero-order chi connectivity index (χ0) is 10.1. The van der Waals surface area contributed by atoms with Crippen molar-refractivity contribution in [1.29, 1.82) is 0 Å². The molecule has 2 nitrogen and oxygen atoms in total. The first kappa shape index (κ1) is 9.69. The first-order chi connectivity index (χ1) is 6.72. The van der Waals surface area contributed by atoms with E-state index in [1.165, 1.54) is 16.7 Å². The molecule has 2 N–H and O–H groups in total. The minimum atomic E-state index is 0.145. The Balaban J connectivity index is 2.34. The van der Waals surface area contributed by atoms with Crippen LogP contribution < -0.4 is 5.32 Å². The third-order valence-corrected chi connectivity index (χ3v) is 2.93. The van der Waals surface area contributed by atoms with Gasteiger partial charge in [-0.25, -0.2) is 0 Å². The third-order valence-electron chi connectivity index (χ3n) is 2.93. The topological polar surface area (TPSA) is 32.3 Å². The lowest BCUT2D eigenvalue weighted by molar-refractivity contribution is 0.251. The van der Waals surface area contributed by atoms with Gasteiger partial charge in [0.05, 0.1) is 12.6 Å². The van der Waals surface area contributed by atoms with E-state index in [0.717, 1.165) is 6.54 Å². The largest absolute Gasteiger partial charge is 0.394 e. The maximum absolute atomic E-state index is 9.13. The summed E-state index contributed by atoms with van der Waals surface area (Å²) in [4.78, 5) is 0. The lowest BCUT2D eigenvalue weighted by atomic mass is 9.97. The van der Waals surface area contributed by atoms with Gasteiger partial charge in [0.1, 0.15) is 0 Å². The lowest BCUT2D eigenvalue weighted by Gasteiger charge is -2.10. The molecule has 2 heteroatoms. The molecule has 1 aromatic rings. The molecule has 1 aliphatic heterocycles. The van der Waals surface area contributed by atoms with E-state index < -0.39 is 0 Å². The Morgan fingerprint density at radius 2 is 2.29 bits per heavy atom. The normalized spacial score (nSPS) is 20.1. The number of aliphatic hydroxyl groups excluding tert-OH is 1. The molecular weight excluding hydrogens is 174 g/mol. The van der Waals surface area contributed by atoms with Gasteiger partial charge in [-0.3, -0.25) is 0 Å². The van der Waals surface area contributed by atoms with E-state index in [1.807, 2.05) is 0 Å². The van der Waals surface area contributed by atoms with Crippen molar-refractivity contribution in [2.45, 2.75) is 32.4 Å². The second-order valence-corrected chi connectivity index (χ2v) is 4.23. The molecule has 0 bridgehead atoms. The molecule has 0 radical (unpaired) electrons. The van der Waals surface area contributed by atoms with Crippen LogP contribution in [0.15, 0.2) is 18.2 Å². The summed E-state index contributed by atoms with van der Waals surface area (Å²) >= 11 is 0. The highest BCUT2D eigenvalue weighted by Gasteiger charge is 2.20. The smallest absolute Gasteiger partial charge is 0.0626 e. The SMILES string of the molecule is CC(C)c1ccc2c(c1)CNC2CO. The molecule has 1 atom stereocenters. The van der Waals surface area contributed by atoms with Crippen LogP contribution >= 0.6 is 0 Å². The summed E-state index contributed by atoms with van der Waals surface area (Å²) in [5, 5.41) is 12.4. The molecule has 0 saturated carbocycles. The lowest BCUT2D eigenvalue weighted by Crippen LogP contribution is -2.15. The molecule has 1 heterocycles. The average Bonchev–Trinajstić information content (AvgIpc) is 2.59. The predicted octanol–water partition coefficient (Wildman–Crippen LogP) is 1.95. The highest BCUT2D eigenvalue weighted by Crippen LogP contribution is 2.27. The summed E-state index contributed by atoms with van der Waals surface area (Å²) in [5.74, 6) is 0.577. The highest BCUT2D eigenvalue weighted by atomic mass is 16.3. The summed E-state index contributed by atoms with van der Waals surface area (Å²) < 4.78 is 0. The Labute approximate surface area is 85.0 Å². The third kappa shape index (κ3) is 1.56. The summed E-state index contributed by atoms with van der Waals surface area (Å²) in [7, 11) is 0. The summed E-state index contributed by atoms with van der Waals surface area (Å²) in [6.07, 6.45) is 0. The molecular formula is C12H17NO. The Morgan fingerprint density at radius 1 is 1.50 bits per heavy atom. The zero-order valence-corrected chi connectivity index (χ0v) is 8.75. The molecule has 1 aliphatic rings. The van der Waals surface area contributed by atoms with Gasteiger partial charge in [-0.15, -0.1) is 0 Å². The highest BCUT2D eigenvalue weighted by molar-refractivity contribution is 5.38. The van der Waals surface area contributed by atoms with Gasteiger partial charge in [0.25, 0.3) is 0 Å². The molecule has 0 fully saturated rings. The van der Waals surface area contributed by atoms with Gasteiger partial charge in [0.15, 0.2) is 0 Å². The van der Waals surface area contributed by atoms with Crippen LogP contribution in [-0.2, 0) is 6.54 Å². The average molecular weight is 191 g/mol. The first-order valence-electron chi connectivity index (χ1n) is 5.19. The van der Waals surface area contributed by atoms with Crippen LogP contribution in [-0.4, -0.2) is 11.7 Å². The fraction of sp³-hybridized carbons (Fsp3) is 0.500. The minimum absolute atomic E-state index is 0.145. The van der Waals surface area contributed by atoms with Crippen LogP contribution in [0.4, 0.5) is 0 Å².